The van der Waals surface area contributed by atoms with Gasteiger partial charge in [-0.05, 0) is 38.8 Å². The molecule has 1 aromatic rings. The SMILES string of the molecule is COC(=O)N(CCc1ccccc1Br)C(C)(C)C. The number of rotatable bonds is 3. The fraction of sp³-hybridized carbons (Fsp3) is 0.500. The summed E-state index contributed by atoms with van der Waals surface area (Å²) in [7, 11) is 1.42. The predicted molar refractivity (Wildman–Crippen MR) is 76.7 cm³/mol. The Morgan fingerprint density at radius 3 is 2.44 bits per heavy atom. The third kappa shape index (κ3) is 4.02. The average molecular weight is 314 g/mol. The third-order valence-corrected chi connectivity index (χ3v) is 3.54. The first-order valence-corrected chi connectivity index (χ1v) is 6.74. The summed E-state index contributed by atoms with van der Waals surface area (Å²) in [5.74, 6) is 0. The largest absolute Gasteiger partial charge is 0.453 e. The Hall–Kier alpha value is -1.03. The number of benzene rings is 1. The van der Waals surface area contributed by atoms with Crippen LogP contribution in [0.3, 0.4) is 0 Å². The van der Waals surface area contributed by atoms with E-state index < -0.39 is 0 Å². The van der Waals surface area contributed by atoms with Gasteiger partial charge in [-0.15, -0.1) is 0 Å². The fourth-order valence-electron chi connectivity index (χ4n) is 1.74. The van der Waals surface area contributed by atoms with Crippen LogP contribution in [-0.4, -0.2) is 30.2 Å². The van der Waals surface area contributed by atoms with Crippen molar-refractivity contribution in [2.75, 3.05) is 13.7 Å². The Kier molecular flexibility index (Phi) is 5.20. The van der Waals surface area contributed by atoms with Crippen molar-refractivity contribution >= 4 is 22.0 Å². The maximum absolute atomic E-state index is 11.8. The first-order valence-electron chi connectivity index (χ1n) is 5.95. The zero-order valence-electron chi connectivity index (χ0n) is 11.4. The van der Waals surface area contributed by atoms with Gasteiger partial charge in [0.05, 0.1) is 7.11 Å². The minimum absolute atomic E-state index is 0.242. The Balaban J connectivity index is 2.75. The van der Waals surface area contributed by atoms with Gasteiger partial charge in [0, 0.05) is 16.6 Å². The van der Waals surface area contributed by atoms with Crippen molar-refractivity contribution in [1.82, 2.24) is 4.90 Å². The van der Waals surface area contributed by atoms with Gasteiger partial charge in [-0.2, -0.15) is 0 Å². The highest BCUT2D eigenvalue weighted by Crippen LogP contribution is 2.19. The number of hydrogen-bond acceptors (Lipinski definition) is 2. The number of carbonyl (C=O) groups excluding carboxylic acids is 1. The van der Waals surface area contributed by atoms with Crippen LogP contribution >= 0.6 is 15.9 Å². The van der Waals surface area contributed by atoms with E-state index in [2.05, 4.69) is 22.0 Å². The second-order valence-corrected chi connectivity index (χ2v) is 5.99. The molecular weight excluding hydrogens is 294 g/mol. The van der Waals surface area contributed by atoms with Gasteiger partial charge in [-0.1, -0.05) is 34.1 Å². The standard InChI is InChI=1S/C14H20BrNO2/c1-14(2,3)16(13(17)18-4)10-9-11-7-5-6-8-12(11)15/h5-8H,9-10H2,1-4H3. The van der Waals surface area contributed by atoms with Crippen LogP contribution in [0.2, 0.25) is 0 Å². The first-order chi connectivity index (χ1) is 8.36. The van der Waals surface area contributed by atoms with Crippen molar-refractivity contribution in [3.05, 3.63) is 34.3 Å². The maximum Gasteiger partial charge on any atom is 0.409 e. The molecule has 0 aliphatic heterocycles. The summed E-state index contributed by atoms with van der Waals surface area (Å²) in [6.07, 6.45) is 0.517. The molecular formula is C14H20BrNO2. The summed E-state index contributed by atoms with van der Waals surface area (Å²) in [5.41, 5.74) is 0.949. The number of halogens is 1. The molecule has 3 nitrogen and oxygen atoms in total. The van der Waals surface area contributed by atoms with E-state index in [0.717, 1.165) is 10.9 Å². The highest BCUT2D eigenvalue weighted by atomic mass is 79.9. The lowest BCUT2D eigenvalue weighted by molar-refractivity contribution is 0.0844. The molecule has 0 N–H and O–H groups in total. The second kappa shape index (κ2) is 6.23. The topological polar surface area (TPSA) is 29.5 Å². The van der Waals surface area contributed by atoms with Gasteiger partial charge in [-0.3, -0.25) is 0 Å². The van der Waals surface area contributed by atoms with Crippen LogP contribution in [0.5, 0.6) is 0 Å². The number of methoxy groups -OCH3 is 1. The predicted octanol–water partition coefficient (Wildman–Crippen LogP) is 3.86. The Bertz CT molecular complexity index is 413. The lowest BCUT2D eigenvalue weighted by Crippen LogP contribution is -2.46. The minimum atomic E-state index is -0.283. The quantitative estimate of drug-likeness (QED) is 0.848. The summed E-state index contributed by atoms with van der Waals surface area (Å²) >= 11 is 3.52. The Morgan fingerprint density at radius 1 is 1.33 bits per heavy atom. The van der Waals surface area contributed by atoms with E-state index in [0.29, 0.717) is 6.54 Å². The van der Waals surface area contributed by atoms with Crippen molar-refractivity contribution < 1.29 is 9.53 Å². The number of ether oxygens (including phenoxy) is 1. The average Bonchev–Trinajstić information content (AvgIpc) is 2.29. The number of nitrogens with zero attached hydrogens (tertiary/aromatic N) is 1. The molecule has 0 saturated carbocycles. The summed E-state index contributed by atoms with van der Waals surface area (Å²) in [5, 5.41) is 0. The molecule has 18 heavy (non-hydrogen) atoms. The van der Waals surface area contributed by atoms with E-state index in [-0.39, 0.29) is 11.6 Å². The molecule has 0 bridgehead atoms. The molecule has 0 atom stereocenters. The van der Waals surface area contributed by atoms with Crippen molar-refractivity contribution in [3.8, 4) is 0 Å². The van der Waals surface area contributed by atoms with Gasteiger partial charge < -0.3 is 9.64 Å². The maximum atomic E-state index is 11.8. The van der Waals surface area contributed by atoms with Crippen molar-refractivity contribution in [2.24, 2.45) is 0 Å². The Labute approximate surface area is 117 Å². The molecule has 0 aliphatic rings. The van der Waals surface area contributed by atoms with Crippen LogP contribution in [-0.2, 0) is 11.2 Å². The van der Waals surface area contributed by atoms with E-state index in [4.69, 9.17) is 4.74 Å². The molecule has 0 saturated heterocycles. The Morgan fingerprint density at radius 2 is 1.94 bits per heavy atom. The summed E-state index contributed by atoms with van der Waals surface area (Å²) in [4.78, 5) is 13.5. The zero-order chi connectivity index (χ0) is 13.8. The van der Waals surface area contributed by atoms with E-state index in [1.807, 2.05) is 39.0 Å². The molecule has 0 radical (unpaired) electrons. The van der Waals surface area contributed by atoms with E-state index in [1.165, 1.54) is 12.7 Å². The molecule has 4 heteroatoms. The number of hydrogen-bond donors (Lipinski definition) is 0. The normalized spacial score (nSPS) is 11.2. The van der Waals surface area contributed by atoms with E-state index in [1.54, 1.807) is 4.90 Å². The van der Waals surface area contributed by atoms with Crippen LogP contribution in [0.1, 0.15) is 26.3 Å². The van der Waals surface area contributed by atoms with Crippen molar-refractivity contribution in [1.29, 1.82) is 0 Å². The third-order valence-electron chi connectivity index (χ3n) is 2.77. The van der Waals surface area contributed by atoms with Crippen molar-refractivity contribution in [3.63, 3.8) is 0 Å². The van der Waals surface area contributed by atoms with Gasteiger partial charge >= 0.3 is 6.09 Å². The van der Waals surface area contributed by atoms with Gasteiger partial charge in [-0.25, -0.2) is 4.79 Å². The van der Waals surface area contributed by atoms with Gasteiger partial charge in [0.2, 0.25) is 0 Å². The van der Waals surface area contributed by atoms with Gasteiger partial charge in [0.25, 0.3) is 0 Å². The van der Waals surface area contributed by atoms with E-state index in [9.17, 15) is 4.79 Å². The number of amides is 1. The fourth-order valence-corrected chi connectivity index (χ4v) is 2.23. The molecule has 1 amide bonds. The molecule has 100 valence electrons. The monoisotopic (exact) mass is 313 g/mol. The van der Waals surface area contributed by atoms with Gasteiger partial charge in [0.15, 0.2) is 0 Å². The lowest BCUT2D eigenvalue weighted by Gasteiger charge is -2.34. The van der Waals surface area contributed by atoms with E-state index >= 15 is 0 Å². The summed E-state index contributed by atoms with van der Waals surface area (Å²) in [6.45, 7) is 6.65. The van der Waals surface area contributed by atoms with Crippen LogP contribution in [0.4, 0.5) is 4.79 Å². The molecule has 0 heterocycles. The molecule has 0 unspecified atom stereocenters. The van der Waals surface area contributed by atoms with Gasteiger partial charge in [0.1, 0.15) is 0 Å². The molecule has 1 rings (SSSR count). The highest BCUT2D eigenvalue weighted by Gasteiger charge is 2.26. The first kappa shape index (κ1) is 15.0. The van der Waals surface area contributed by atoms with Crippen LogP contribution in [0.25, 0.3) is 0 Å². The van der Waals surface area contributed by atoms with Crippen LogP contribution in [0, 0.1) is 0 Å². The van der Waals surface area contributed by atoms with Crippen LogP contribution < -0.4 is 0 Å². The summed E-state index contributed by atoms with van der Waals surface area (Å²) in [6, 6.07) is 8.05. The molecule has 0 fully saturated rings. The van der Waals surface area contributed by atoms with Crippen LogP contribution in [0.15, 0.2) is 28.7 Å². The van der Waals surface area contributed by atoms with Crippen molar-refractivity contribution in [2.45, 2.75) is 32.7 Å². The zero-order valence-corrected chi connectivity index (χ0v) is 13.0. The summed E-state index contributed by atoms with van der Waals surface area (Å²) < 4.78 is 5.91. The second-order valence-electron chi connectivity index (χ2n) is 5.13. The minimum Gasteiger partial charge on any atom is -0.453 e. The number of carbonyl (C=O) groups is 1. The molecule has 1 aromatic carbocycles. The highest BCUT2D eigenvalue weighted by molar-refractivity contribution is 9.10. The molecule has 0 aliphatic carbocycles. The molecule has 0 aromatic heterocycles. The lowest BCUT2D eigenvalue weighted by atomic mass is 10.1. The smallest absolute Gasteiger partial charge is 0.409 e. The molecule has 0 spiro atoms.